The predicted molar refractivity (Wildman–Crippen MR) is 153 cm³/mol. The van der Waals surface area contributed by atoms with Gasteiger partial charge in [0.25, 0.3) is 0 Å². The van der Waals surface area contributed by atoms with Gasteiger partial charge in [0.2, 0.25) is 15.9 Å². The first-order valence-corrected chi connectivity index (χ1v) is 14.9. The second kappa shape index (κ2) is 10.9. The minimum atomic E-state index is -3.78. The summed E-state index contributed by atoms with van der Waals surface area (Å²) in [5.41, 5.74) is -0.209. The summed E-state index contributed by atoms with van der Waals surface area (Å²) in [6, 6.07) is 11.5. The fourth-order valence-electron chi connectivity index (χ4n) is 5.54. The zero-order chi connectivity index (χ0) is 29.5. The van der Waals surface area contributed by atoms with Crippen molar-refractivity contribution in [2.75, 3.05) is 29.9 Å². The van der Waals surface area contributed by atoms with Gasteiger partial charge >= 0.3 is 6.09 Å². The number of carbonyl (C=O) groups excluding carboxylic acids is 2. The molecule has 1 saturated heterocycles. The number of fused-ring (bicyclic) bond motifs is 1. The molecule has 0 aliphatic carbocycles. The molecular formula is C29H37FN4O5S. The molecule has 3 atom stereocenters. The van der Waals surface area contributed by atoms with E-state index in [1.165, 1.54) is 17.0 Å². The number of carbonyl (C=O) groups is 2. The first kappa shape index (κ1) is 29.7. The Balaban J connectivity index is 1.74. The lowest BCUT2D eigenvalue weighted by atomic mass is 9.82. The average molecular weight is 573 g/mol. The third-order valence-corrected chi connectivity index (χ3v) is 8.59. The first-order chi connectivity index (χ1) is 18.7. The van der Waals surface area contributed by atoms with E-state index in [2.05, 4.69) is 16.6 Å². The van der Waals surface area contributed by atoms with Crippen molar-refractivity contribution in [3.63, 3.8) is 0 Å². The van der Waals surface area contributed by atoms with Crippen LogP contribution in [0, 0.1) is 5.82 Å². The number of nitrogens with one attached hydrogen (secondary N) is 2. The molecule has 2 amide bonds. The first-order valence-electron chi connectivity index (χ1n) is 13.3. The fourth-order valence-corrected chi connectivity index (χ4v) is 6.30. The number of sulfonamides is 1. The molecule has 11 heteroatoms. The normalized spacial score (nSPS) is 23.3. The standard InChI is InChI=1S/C29H37FN4O5S/c1-7-34(27(36)39-28(3,4)5)24-17-20(30)16-22-25(24)31-26(35)29(22,6)33-15-14-21(19-12-10-9-11-13-19)23(18-33)32-40(37,38)8-2/h8-13,16-17,21,23,32H,2,7,14-15,18H2,1,3-6H3,(H,31,35)/t21-,23+,29?/m1/s1. The maximum atomic E-state index is 15.1. The van der Waals surface area contributed by atoms with Crippen LogP contribution in [0.1, 0.15) is 58.1 Å². The van der Waals surface area contributed by atoms with Crippen LogP contribution in [0.15, 0.2) is 54.5 Å². The molecule has 0 aromatic heterocycles. The molecule has 1 unspecified atom stereocenters. The zero-order valence-electron chi connectivity index (χ0n) is 23.5. The summed E-state index contributed by atoms with van der Waals surface area (Å²) >= 11 is 0. The van der Waals surface area contributed by atoms with Crippen molar-refractivity contribution in [3.8, 4) is 0 Å². The van der Waals surface area contributed by atoms with Crippen molar-refractivity contribution >= 4 is 33.4 Å². The van der Waals surface area contributed by atoms with Gasteiger partial charge < -0.3 is 10.1 Å². The number of rotatable bonds is 7. The van der Waals surface area contributed by atoms with E-state index in [0.29, 0.717) is 24.2 Å². The lowest BCUT2D eigenvalue weighted by molar-refractivity contribution is -0.127. The van der Waals surface area contributed by atoms with Crippen LogP contribution in [0.3, 0.4) is 0 Å². The Hall–Kier alpha value is -3.28. The van der Waals surface area contributed by atoms with E-state index in [1.807, 2.05) is 35.2 Å². The van der Waals surface area contributed by atoms with Gasteiger partial charge in [-0.25, -0.2) is 22.3 Å². The van der Waals surface area contributed by atoms with Gasteiger partial charge in [-0.15, -0.1) is 0 Å². The van der Waals surface area contributed by atoms with Crippen LogP contribution in [-0.2, 0) is 25.1 Å². The topological polar surface area (TPSA) is 108 Å². The highest BCUT2D eigenvalue weighted by Crippen LogP contribution is 2.47. The van der Waals surface area contributed by atoms with Gasteiger partial charge in [-0.2, -0.15) is 0 Å². The summed E-state index contributed by atoms with van der Waals surface area (Å²) in [5, 5.41) is 3.75. The minimum Gasteiger partial charge on any atom is -0.443 e. The van der Waals surface area contributed by atoms with Crippen molar-refractivity contribution in [2.45, 2.75) is 64.1 Å². The molecule has 1 fully saturated rings. The molecule has 0 saturated carbocycles. The molecule has 9 nitrogen and oxygen atoms in total. The van der Waals surface area contributed by atoms with E-state index < -0.39 is 45.0 Å². The van der Waals surface area contributed by atoms with E-state index in [0.717, 1.165) is 11.0 Å². The van der Waals surface area contributed by atoms with Crippen molar-refractivity contribution < 1.29 is 27.1 Å². The molecule has 0 spiro atoms. The van der Waals surface area contributed by atoms with Crippen molar-refractivity contribution in [3.05, 3.63) is 71.4 Å². The van der Waals surface area contributed by atoms with Gasteiger partial charge in [-0.1, -0.05) is 36.9 Å². The number of piperidine rings is 1. The number of halogens is 1. The van der Waals surface area contributed by atoms with Gasteiger partial charge in [-0.05, 0) is 58.7 Å². The van der Waals surface area contributed by atoms with Crippen LogP contribution >= 0.6 is 0 Å². The summed E-state index contributed by atoms with van der Waals surface area (Å²) < 4.78 is 48.5. The van der Waals surface area contributed by atoms with Crippen LogP contribution in [0.2, 0.25) is 0 Å². The van der Waals surface area contributed by atoms with Crippen molar-refractivity contribution in [1.29, 1.82) is 0 Å². The number of anilines is 2. The van der Waals surface area contributed by atoms with Crippen molar-refractivity contribution in [2.24, 2.45) is 0 Å². The molecular weight excluding hydrogens is 535 g/mol. The average Bonchev–Trinajstić information content (AvgIpc) is 3.14. The quantitative estimate of drug-likeness (QED) is 0.499. The Labute approximate surface area is 235 Å². The number of nitrogens with zero attached hydrogens (tertiary/aromatic N) is 2. The van der Waals surface area contributed by atoms with E-state index in [4.69, 9.17) is 4.74 Å². The molecule has 2 N–H and O–H groups in total. The van der Waals surface area contributed by atoms with E-state index in [9.17, 15) is 18.0 Å². The van der Waals surface area contributed by atoms with Crippen molar-refractivity contribution in [1.82, 2.24) is 9.62 Å². The van der Waals surface area contributed by atoms with E-state index >= 15 is 4.39 Å². The molecule has 2 heterocycles. The molecule has 2 aromatic carbocycles. The SMILES string of the molecule is C=CS(=O)(=O)N[C@H]1CN(C2(C)C(=O)Nc3c(N(CC)C(=O)OC(C)(C)C)cc(F)cc32)CC[C@@H]1c1ccccc1. The third-order valence-electron chi connectivity index (χ3n) is 7.52. The fraction of sp³-hybridized carbons (Fsp3) is 0.448. The number of hydrogen-bond acceptors (Lipinski definition) is 6. The molecule has 40 heavy (non-hydrogen) atoms. The molecule has 2 aliphatic heterocycles. The lowest BCUT2D eigenvalue weighted by Gasteiger charge is -2.45. The van der Waals surface area contributed by atoms with Gasteiger partial charge in [0.1, 0.15) is 17.0 Å². The molecule has 4 rings (SSSR count). The number of likely N-dealkylation sites (tertiary alicyclic amines) is 1. The molecule has 2 aromatic rings. The molecule has 2 aliphatic rings. The second-order valence-electron chi connectivity index (χ2n) is 11.3. The maximum Gasteiger partial charge on any atom is 0.414 e. The predicted octanol–water partition coefficient (Wildman–Crippen LogP) is 4.68. The number of benzene rings is 2. The molecule has 0 bridgehead atoms. The summed E-state index contributed by atoms with van der Waals surface area (Å²) in [5.74, 6) is -1.15. The Kier molecular flexibility index (Phi) is 8.13. The lowest BCUT2D eigenvalue weighted by Crippen LogP contribution is -2.58. The number of ether oxygens (including phenoxy) is 1. The third kappa shape index (κ3) is 5.77. The minimum absolute atomic E-state index is 0.148. The molecule has 0 radical (unpaired) electrons. The Morgan fingerprint density at radius 3 is 2.58 bits per heavy atom. The zero-order valence-corrected chi connectivity index (χ0v) is 24.3. The summed E-state index contributed by atoms with van der Waals surface area (Å²) in [7, 11) is -3.78. The van der Waals surface area contributed by atoms with Gasteiger partial charge in [0.15, 0.2) is 0 Å². The van der Waals surface area contributed by atoms with E-state index in [-0.39, 0.29) is 24.7 Å². The van der Waals surface area contributed by atoms with Crippen LogP contribution in [0.4, 0.5) is 20.6 Å². The Bertz CT molecular complexity index is 1410. The van der Waals surface area contributed by atoms with Crippen LogP contribution in [0.5, 0.6) is 0 Å². The van der Waals surface area contributed by atoms with Crippen LogP contribution in [0.25, 0.3) is 0 Å². The summed E-state index contributed by atoms with van der Waals surface area (Å²) in [4.78, 5) is 29.8. The van der Waals surface area contributed by atoms with Gasteiger partial charge in [0, 0.05) is 42.6 Å². The van der Waals surface area contributed by atoms with Gasteiger partial charge in [-0.3, -0.25) is 14.6 Å². The number of amides is 2. The van der Waals surface area contributed by atoms with E-state index in [1.54, 1.807) is 34.6 Å². The smallest absolute Gasteiger partial charge is 0.414 e. The highest BCUT2D eigenvalue weighted by atomic mass is 32.2. The highest BCUT2D eigenvalue weighted by Gasteiger charge is 2.51. The maximum absolute atomic E-state index is 15.1. The molecule has 216 valence electrons. The highest BCUT2D eigenvalue weighted by molar-refractivity contribution is 7.92. The summed E-state index contributed by atoms with van der Waals surface area (Å²) in [6.45, 7) is 12.9. The monoisotopic (exact) mass is 572 g/mol. The number of hydrogen-bond donors (Lipinski definition) is 2. The van der Waals surface area contributed by atoms with Gasteiger partial charge in [0.05, 0.1) is 11.4 Å². The van der Waals surface area contributed by atoms with Crippen LogP contribution in [-0.4, -0.2) is 56.6 Å². The Morgan fingerprint density at radius 1 is 1.30 bits per heavy atom. The second-order valence-corrected chi connectivity index (χ2v) is 12.9. The largest absolute Gasteiger partial charge is 0.443 e. The summed E-state index contributed by atoms with van der Waals surface area (Å²) in [6.07, 6.45) is -0.110. The van der Waals surface area contributed by atoms with Crippen LogP contribution < -0.4 is 14.9 Å². The Morgan fingerprint density at radius 2 is 1.98 bits per heavy atom.